The molecule has 2 aliphatic carbocycles. The summed E-state index contributed by atoms with van der Waals surface area (Å²) in [5.41, 5.74) is 2.56. The van der Waals surface area contributed by atoms with E-state index in [1.165, 1.54) is 24.3 Å². The van der Waals surface area contributed by atoms with Crippen LogP contribution in [-0.2, 0) is 14.3 Å². The summed E-state index contributed by atoms with van der Waals surface area (Å²) in [5, 5.41) is 0. The fraction of sp³-hybridized carbons (Fsp3) is 0.297. The molecule has 0 amide bonds. The van der Waals surface area contributed by atoms with Gasteiger partial charge in [0.2, 0.25) is 0 Å². The van der Waals surface area contributed by atoms with Crippen molar-refractivity contribution in [3.05, 3.63) is 108 Å². The van der Waals surface area contributed by atoms with Crippen LogP contribution in [0.1, 0.15) is 88.6 Å². The lowest BCUT2D eigenvalue weighted by molar-refractivity contribution is -0.137. The van der Waals surface area contributed by atoms with Gasteiger partial charge in [-0.25, -0.2) is 19.2 Å². The van der Waals surface area contributed by atoms with Crippen molar-refractivity contribution in [2.75, 3.05) is 13.2 Å². The van der Waals surface area contributed by atoms with E-state index in [4.69, 9.17) is 23.7 Å². The number of unbranched alkanes of at least 4 members (excludes halogenated alkanes) is 3. The highest BCUT2D eigenvalue weighted by molar-refractivity contribution is 5.93. The van der Waals surface area contributed by atoms with Gasteiger partial charge in [-0.2, -0.15) is 0 Å². The van der Waals surface area contributed by atoms with E-state index in [1.54, 1.807) is 36.4 Å². The molecule has 2 atom stereocenters. The SMILES string of the molecule is C=CC(=O)OCCCCCCOc1ccc(C(=O)Oc2ccc(OC(=O)c3ccc(OC(=O)C=C)cc3)c3c2C2CCC3C2)cc1. The maximum atomic E-state index is 13.1. The summed E-state index contributed by atoms with van der Waals surface area (Å²) in [4.78, 5) is 48.6. The summed E-state index contributed by atoms with van der Waals surface area (Å²) in [6.07, 6.45) is 8.63. The summed E-state index contributed by atoms with van der Waals surface area (Å²) in [7, 11) is 0. The van der Waals surface area contributed by atoms with Crippen molar-refractivity contribution in [2.45, 2.75) is 56.8 Å². The Morgan fingerprint density at radius 2 is 1.11 bits per heavy atom. The first-order valence-corrected chi connectivity index (χ1v) is 15.4. The molecule has 238 valence electrons. The number of esters is 4. The minimum absolute atomic E-state index is 0.230. The molecule has 0 aliphatic heterocycles. The molecular weight excluding hydrogens is 588 g/mol. The van der Waals surface area contributed by atoms with Crippen LogP contribution in [0.25, 0.3) is 0 Å². The van der Waals surface area contributed by atoms with Gasteiger partial charge in [0.1, 0.15) is 23.0 Å². The lowest BCUT2D eigenvalue weighted by Crippen LogP contribution is -2.14. The summed E-state index contributed by atoms with van der Waals surface area (Å²) in [6, 6.07) is 16.3. The molecule has 2 bridgehead atoms. The van der Waals surface area contributed by atoms with Crippen LogP contribution in [0, 0.1) is 0 Å². The third kappa shape index (κ3) is 7.90. The molecule has 3 aromatic rings. The second-order valence-corrected chi connectivity index (χ2v) is 11.2. The topological polar surface area (TPSA) is 114 Å². The van der Waals surface area contributed by atoms with Gasteiger partial charge < -0.3 is 23.7 Å². The molecule has 2 unspecified atom stereocenters. The molecule has 0 N–H and O–H groups in total. The Bertz CT molecular complexity index is 1600. The van der Waals surface area contributed by atoms with Crippen LogP contribution in [-0.4, -0.2) is 37.1 Å². The molecule has 3 aromatic carbocycles. The Hall–Kier alpha value is -5.18. The van der Waals surface area contributed by atoms with E-state index in [-0.39, 0.29) is 11.8 Å². The molecule has 0 spiro atoms. The molecule has 0 radical (unpaired) electrons. The summed E-state index contributed by atoms with van der Waals surface area (Å²) in [6.45, 7) is 7.66. The predicted molar refractivity (Wildman–Crippen MR) is 170 cm³/mol. The molecule has 1 saturated carbocycles. The molecule has 2 aliphatic rings. The maximum absolute atomic E-state index is 13.1. The minimum atomic E-state index is -0.589. The van der Waals surface area contributed by atoms with Gasteiger partial charge in [-0.05, 0) is 117 Å². The molecular formula is C37H36O9. The van der Waals surface area contributed by atoms with Gasteiger partial charge in [0.15, 0.2) is 0 Å². The van der Waals surface area contributed by atoms with E-state index in [9.17, 15) is 19.2 Å². The minimum Gasteiger partial charge on any atom is -0.494 e. The Labute approximate surface area is 267 Å². The average Bonchev–Trinajstić information content (AvgIpc) is 3.71. The lowest BCUT2D eigenvalue weighted by Gasteiger charge is -2.21. The predicted octanol–water partition coefficient (Wildman–Crippen LogP) is 7.25. The highest BCUT2D eigenvalue weighted by atomic mass is 16.5. The third-order valence-corrected chi connectivity index (χ3v) is 8.15. The molecule has 1 fully saturated rings. The zero-order valence-corrected chi connectivity index (χ0v) is 25.5. The standard InChI is InChI=1S/C37H36O9/c1-3-32(38)43-22-8-6-5-7-21-42-28-15-11-24(12-16-28)36(40)45-30-19-20-31(35-27-10-9-26(23-27)34(30)35)46-37(41)25-13-17-29(18-14-25)44-33(39)4-2/h3-4,11-20,26-27H,1-2,5-10,21-23H2. The maximum Gasteiger partial charge on any atom is 0.343 e. The van der Waals surface area contributed by atoms with Crippen molar-refractivity contribution >= 4 is 23.9 Å². The number of hydrogen-bond acceptors (Lipinski definition) is 9. The van der Waals surface area contributed by atoms with Gasteiger partial charge >= 0.3 is 23.9 Å². The highest BCUT2D eigenvalue weighted by Gasteiger charge is 2.42. The second kappa shape index (κ2) is 15.2. The van der Waals surface area contributed by atoms with Gasteiger partial charge in [-0.15, -0.1) is 0 Å². The molecule has 46 heavy (non-hydrogen) atoms. The first-order valence-electron chi connectivity index (χ1n) is 15.4. The summed E-state index contributed by atoms with van der Waals surface area (Å²) >= 11 is 0. The van der Waals surface area contributed by atoms with Gasteiger partial charge in [0.05, 0.1) is 24.3 Å². The van der Waals surface area contributed by atoms with Crippen LogP contribution in [0.2, 0.25) is 0 Å². The molecule has 9 heteroatoms. The molecule has 5 rings (SSSR count). The van der Waals surface area contributed by atoms with Gasteiger partial charge in [-0.3, -0.25) is 0 Å². The fourth-order valence-electron chi connectivity index (χ4n) is 5.92. The second-order valence-electron chi connectivity index (χ2n) is 11.2. The summed E-state index contributed by atoms with van der Waals surface area (Å²) < 4.78 is 27.6. The van der Waals surface area contributed by atoms with Crippen molar-refractivity contribution in [1.82, 2.24) is 0 Å². The van der Waals surface area contributed by atoms with Crippen LogP contribution in [0.15, 0.2) is 86.0 Å². The largest absolute Gasteiger partial charge is 0.494 e. The van der Waals surface area contributed by atoms with Gasteiger partial charge in [0, 0.05) is 23.3 Å². The quantitative estimate of drug-likeness (QED) is 0.0746. The fourth-order valence-corrected chi connectivity index (χ4v) is 5.92. The molecule has 0 heterocycles. The first-order chi connectivity index (χ1) is 22.4. The lowest BCUT2D eigenvalue weighted by atomic mass is 9.90. The van der Waals surface area contributed by atoms with E-state index in [0.717, 1.165) is 68.2 Å². The number of fused-ring (bicyclic) bond motifs is 5. The number of carbonyl (C=O) groups is 4. The number of rotatable bonds is 15. The monoisotopic (exact) mass is 624 g/mol. The Morgan fingerprint density at radius 3 is 1.63 bits per heavy atom. The number of benzene rings is 3. The van der Waals surface area contributed by atoms with Crippen molar-refractivity contribution < 1.29 is 42.9 Å². The molecule has 0 saturated heterocycles. The van der Waals surface area contributed by atoms with Crippen molar-refractivity contribution in [3.8, 4) is 23.0 Å². The number of hydrogen-bond donors (Lipinski definition) is 0. The normalized spacial score (nSPS) is 15.7. The van der Waals surface area contributed by atoms with Crippen molar-refractivity contribution in [3.63, 3.8) is 0 Å². The van der Waals surface area contributed by atoms with Crippen LogP contribution >= 0.6 is 0 Å². The van der Waals surface area contributed by atoms with Gasteiger partial charge in [-0.1, -0.05) is 13.2 Å². The Morgan fingerprint density at radius 1 is 0.609 bits per heavy atom. The highest BCUT2D eigenvalue weighted by Crippen LogP contribution is 2.58. The Balaban J connectivity index is 1.16. The van der Waals surface area contributed by atoms with E-state index in [0.29, 0.717) is 47.3 Å². The Kier molecular flexibility index (Phi) is 10.7. The van der Waals surface area contributed by atoms with Crippen LogP contribution in [0.4, 0.5) is 0 Å². The summed E-state index contributed by atoms with van der Waals surface area (Å²) in [5.74, 6) is 0.364. The van der Waals surface area contributed by atoms with Gasteiger partial charge in [0.25, 0.3) is 0 Å². The van der Waals surface area contributed by atoms with Crippen molar-refractivity contribution in [2.24, 2.45) is 0 Å². The van der Waals surface area contributed by atoms with Crippen LogP contribution < -0.4 is 18.9 Å². The van der Waals surface area contributed by atoms with E-state index in [2.05, 4.69) is 13.2 Å². The number of ether oxygens (including phenoxy) is 5. The third-order valence-electron chi connectivity index (χ3n) is 8.15. The molecule has 0 aromatic heterocycles. The first kappa shape index (κ1) is 32.2. The number of carbonyl (C=O) groups excluding carboxylic acids is 4. The molecule has 9 nitrogen and oxygen atoms in total. The zero-order valence-electron chi connectivity index (χ0n) is 25.5. The van der Waals surface area contributed by atoms with Crippen LogP contribution in [0.5, 0.6) is 23.0 Å². The zero-order chi connectivity index (χ0) is 32.5. The smallest absolute Gasteiger partial charge is 0.343 e. The van der Waals surface area contributed by atoms with E-state index < -0.39 is 23.9 Å². The van der Waals surface area contributed by atoms with Crippen molar-refractivity contribution in [1.29, 1.82) is 0 Å². The average molecular weight is 625 g/mol. The van der Waals surface area contributed by atoms with E-state index in [1.807, 2.05) is 0 Å². The van der Waals surface area contributed by atoms with Crippen LogP contribution in [0.3, 0.4) is 0 Å². The van der Waals surface area contributed by atoms with E-state index >= 15 is 0 Å².